The summed E-state index contributed by atoms with van der Waals surface area (Å²) in [5.74, 6) is 0.368. The summed E-state index contributed by atoms with van der Waals surface area (Å²) in [5, 5.41) is 13.3. The molecule has 4 heteroatoms. The lowest BCUT2D eigenvalue weighted by atomic mass is 10.1. The van der Waals surface area contributed by atoms with Crippen LogP contribution in [0.5, 0.6) is 5.75 Å². The molecule has 1 rings (SSSR count). The first-order chi connectivity index (χ1) is 8.02. The number of phenolic OH excluding ortho intramolecular Hbond substituents is 1. The van der Waals surface area contributed by atoms with Crippen molar-refractivity contribution in [1.82, 2.24) is 5.32 Å². The second kappa shape index (κ2) is 6.77. The molecule has 2 unspecified atom stereocenters. The molecule has 0 fully saturated rings. The van der Waals surface area contributed by atoms with Gasteiger partial charge in [-0.3, -0.25) is 4.21 Å². The van der Waals surface area contributed by atoms with Crippen LogP contribution in [-0.2, 0) is 17.3 Å². The Balaban J connectivity index is 2.36. The van der Waals surface area contributed by atoms with Crippen molar-refractivity contribution in [1.29, 1.82) is 0 Å². The van der Waals surface area contributed by atoms with Crippen LogP contribution in [0.2, 0.25) is 0 Å². The molecule has 0 aromatic heterocycles. The Hall–Kier alpha value is -0.870. The van der Waals surface area contributed by atoms with E-state index < -0.39 is 10.8 Å². The molecule has 0 amide bonds. The topological polar surface area (TPSA) is 49.3 Å². The van der Waals surface area contributed by atoms with Crippen LogP contribution in [0.25, 0.3) is 0 Å². The highest BCUT2D eigenvalue weighted by molar-refractivity contribution is 7.84. The van der Waals surface area contributed by atoms with E-state index in [1.54, 1.807) is 6.26 Å². The second-order valence-electron chi connectivity index (χ2n) is 4.36. The van der Waals surface area contributed by atoms with Crippen LogP contribution < -0.4 is 5.32 Å². The molecule has 17 heavy (non-hydrogen) atoms. The van der Waals surface area contributed by atoms with Crippen LogP contribution in [0.3, 0.4) is 0 Å². The van der Waals surface area contributed by atoms with Gasteiger partial charge in [0.2, 0.25) is 0 Å². The molecule has 0 radical (unpaired) electrons. The zero-order chi connectivity index (χ0) is 12.8. The number of para-hydroxylation sites is 1. The fraction of sp³-hybridized carbons (Fsp3) is 0.538. The van der Waals surface area contributed by atoms with Gasteiger partial charge in [-0.25, -0.2) is 0 Å². The molecular formula is C13H21NO2S. The molecule has 96 valence electrons. The lowest BCUT2D eigenvalue weighted by molar-refractivity contribution is 0.460. The molecule has 3 nitrogen and oxygen atoms in total. The fourth-order valence-corrected chi connectivity index (χ4v) is 2.01. The molecule has 0 saturated heterocycles. The summed E-state index contributed by atoms with van der Waals surface area (Å²) in [4.78, 5) is 0. The number of phenols is 1. The van der Waals surface area contributed by atoms with E-state index in [0.717, 1.165) is 24.1 Å². The average molecular weight is 255 g/mol. The summed E-state index contributed by atoms with van der Waals surface area (Å²) >= 11 is 0. The number of nitrogens with one attached hydrogen (secondary N) is 1. The van der Waals surface area contributed by atoms with Gasteiger partial charge in [-0.15, -0.1) is 0 Å². The molecule has 0 aliphatic carbocycles. The SMILES string of the molecule is Cc1cccc(CNCCC(C)S(C)=O)c1O. The molecule has 0 aliphatic rings. The first kappa shape index (κ1) is 14.2. The number of aryl methyl sites for hydroxylation is 1. The van der Waals surface area contributed by atoms with Crippen LogP contribution in [-0.4, -0.2) is 27.4 Å². The molecule has 1 aromatic carbocycles. The van der Waals surface area contributed by atoms with E-state index in [0.29, 0.717) is 12.3 Å². The van der Waals surface area contributed by atoms with Crippen LogP contribution in [0.15, 0.2) is 18.2 Å². The molecule has 2 atom stereocenters. The standard InChI is InChI=1S/C13H21NO2S/c1-10-5-4-6-12(13(10)15)9-14-8-7-11(2)17(3)16/h4-6,11,14-15H,7-9H2,1-3H3. The Bertz CT molecular complexity index is 393. The summed E-state index contributed by atoms with van der Waals surface area (Å²) in [7, 11) is -0.756. The van der Waals surface area contributed by atoms with Crippen molar-refractivity contribution in [3.8, 4) is 5.75 Å². The Labute approximate surface area is 106 Å². The summed E-state index contributed by atoms with van der Waals surface area (Å²) in [6.45, 7) is 5.34. The molecule has 1 aromatic rings. The van der Waals surface area contributed by atoms with Gasteiger partial charge < -0.3 is 10.4 Å². The predicted molar refractivity (Wildman–Crippen MR) is 72.7 cm³/mol. The number of rotatable bonds is 6. The monoisotopic (exact) mass is 255 g/mol. The molecule has 2 N–H and O–H groups in total. The Morgan fingerprint density at radius 3 is 2.82 bits per heavy atom. The van der Waals surface area contributed by atoms with E-state index in [-0.39, 0.29) is 5.25 Å². The maximum Gasteiger partial charge on any atom is 0.122 e. The molecule has 0 spiro atoms. The van der Waals surface area contributed by atoms with Crippen molar-refractivity contribution in [2.45, 2.75) is 32.1 Å². The van der Waals surface area contributed by atoms with E-state index in [9.17, 15) is 9.32 Å². The summed E-state index contributed by atoms with van der Waals surface area (Å²) in [6, 6.07) is 5.74. The molecular weight excluding hydrogens is 234 g/mol. The molecule has 0 heterocycles. The third-order valence-corrected chi connectivity index (χ3v) is 4.30. The van der Waals surface area contributed by atoms with E-state index in [1.807, 2.05) is 32.0 Å². The van der Waals surface area contributed by atoms with Crippen molar-refractivity contribution < 1.29 is 9.32 Å². The third-order valence-electron chi connectivity index (χ3n) is 2.93. The molecule has 0 bridgehead atoms. The minimum atomic E-state index is -0.756. The summed E-state index contributed by atoms with van der Waals surface area (Å²) < 4.78 is 11.2. The Morgan fingerprint density at radius 2 is 2.18 bits per heavy atom. The van der Waals surface area contributed by atoms with Crippen LogP contribution >= 0.6 is 0 Å². The lowest BCUT2D eigenvalue weighted by Gasteiger charge is -2.10. The number of hydrogen-bond acceptors (Lipinski definition) is 3. The number of hydrogen-bond donors (Lipinski definition) is 2. The van der Waals surface area contributed by atoms with Gasteiger partial charge in [-0.05, 0) is 25.5 Å². The zero-order valence-corrected chi connectivity index (χ0v) is 11.5. The second-order valence-corrected chi connectivity index (χ2v) is 6.16. The normalized spacial score (nSPS) is 14.5. The van der Waals surface area contributed by atoms with Gasteiger partial charge in [0, 0.05) is 34.4 Å². The maximum atomic E-state index is 11.2. The van der Waals surface area contributed by atoms with Gasteiger partial charge in [-0.2, -0.15) is 0 Å². The van der Waals surface area contributed by atoms with Gasteiger partial charge in [0.15, 0.2) is 0 Å². The lowest BCUT2D eigenvalue weighted by Crippen LogP contribution is -2.21. The largest absolute Gasteiger partial charge is 0.507 e. The van der Waals surface area contributed by atoms with Crippen molar-refractivity contribution >= 4 is 10.8 Å². The Morgan fingerprint density at radius 1 is 1.47 bits per heavy atom. The van der Waals surface area contributed by atoms with Gasteiger partial charge in [-0.1, -0.05) is 25.1 Å². The van der Waals surface area contributed by atoms with Gasteiger partial charge in [0.1, 0.15) is 5.75 Å². The van der Waals surface area contributed by atoms with Crippen molar-refractivity contribution in [2.24, 2.45) is 0 Å². The van der Waals surface area contributed by atoms with E-state index >= 15 is 0 Å². The average Bonchev–Trinajstić information content (AvgIpc) is 2.29. The van der Waals surface area contributed by atoms with E-state index in [4.69, 9.17) is 0 Å². The first-order valence-electron chi connectivity index (χ1n) is 5.82. The highest BCUT2D eigenvalue weighted by Crippen LogP contribution is 2.20. The van der Waals surface area contributed by atoms with Crippen molar-refractivity contribution in [3.05, 3.63) is 29.3 Å². The highest BCUT2D eigenvalue weighted by atomic mass is 32.2. The maximum absolute atomic E-state index is 11.2. The summed E-state index contributed by atoms with van der Waals surface area (Å²) in [5.41, 5.74) is 1.81. The quantitative estimate of drug-likeness (QED) is 0.764. The zero-order valence-electron chi connectivity index (χ0n) is 10.7. The summed E-state index contributed by atoms with van der Waals surface area (Å²) in [6.07, 6.45) is 2.62. The van der Waals surface area contributed by atoms with Crippen LogP contribution in [0.4, 0.5) is 0 Å². The van der Waals surface area contributed by atoms with Crippen LogP contribution in [0.1, 0.15) is 24.5 Å². The van der Waals surface area contributed by atoms with E-state index in [1.165, 1.54) is 0 Å². The van der Waals surface area contributed by atoms with Gasteiger partial charge in [0.25, 0.3) is 0 Å². The van der Waals surface area contributed by atoms with Gasteiger partial charge >= 0.3 is 0 Å². The van der Waals surface area contributed by atoms with Crippen LogP contribution in [0, 0.1) is 6.92 Å². The Kier molecular flexibility index (Phi) is 5.65. The highest BCUT2D eigenvalue weighted by Gasteiger charge is 2.06. The minimum Gasteiger partial charge on any atom is -0.507 e. The minimum absolute atomic E-state index is 0.216. The van der Waals surface area contributed by atoms with Gasteiger partial charge in [0.05, 0.1) is 0 Å². The van der Waals surface area contributed by atoms with Crippen molar-refractivity contribution in [2.75, 3.05) is 12.8 Å². The number of aromatic hydroxyl groups is 1. The third kappa shape index (κ3) is 4.48. The first-order valence-corrected chi connectivity index (χ1v) is 7.45. The number of benzene rings is 1. The fourth-order valence-electron chi connectivity index (χ4n) is 1.56. The molecule has 0 aliphatic heterocycles. The van der Waals surface area contributed by atoms with Crippen molar-refractivity contribution in [3.63, 3.8) is 0 Å². The molecule has 0 saturated carbocycles. The van der Waals surface area contributed by atoms with E-state index in [2.05, 4.69) is 5.32 Å². The smallest absolute Gasteiger partial charge is 0.122 e. The predicted octanol–water partition coefficient (Wildman–Crippen LogP) is 1.95.